The van der Waals surface area contributed by atoms with Crippen molar-refractivity contribution in [2.45, 2.75) is 161 Å². The lowest BCUT2D eigenvalue weighted by molar-refractivity contribution is -0.150. The molecule has 0 aromatic heterocycles. The average Bonchev–Trinajstić information content (AvgIpc) is 3.09. The number of carboxylic acid groups (broad SMARTS) is 1. The van der Waals surface area contributed by atoms with Gasteiger partial charge in [-0.3, -0.25) is 14.4 Å². The van der Waals surface area contributed by atoms with Gasteiger partial charge in [-0.05, 0) is 77.0 Å². The fraction of sp³-hybridized carbons (Fsp3) is 0.659. The van der Waals surface area contributed by atoms with Gasteiger partial charge in [0.25, 0.3) is 0 Å². The molecule has 0 saturated carbocycles. The van der Waals surface area contributed by atoms with Gasteiger partial charge >= 0.3 is 11.9 Å². The van der Waals surface area contributed by atoms with Crippen LogP contribution in [0.2, 0.25) is 0 Å². The van der Waals surface area contributed by atoms with Crippen LogP contribution in [0.25, 0.3) is 0 Å². The van der Waals surface area contributed by atoms with Crippen LogP contribution in [-0.4, -0.2) is 59.3 Å². The van der Waals surface area contributed by atoms with Crippen molar-refractivity contribution >= 4 is 23.8 Å². The van der Waals surface area contributed by atoms with Crippen molar-refractivity contribution in [1.29, 1.82) is 0 Å². The Hall–Kier alpha value is -3.46. The molecule has 0 aromatic carbocycles. The summed E-state index contributed by atoms with van der Waals surface area (Å²) >= 11 is 0. The predicted molar refractivity (Wildman–Crippen MR) is 204 cm³/mol. The number of aliphatic hydroxyl groups is 1. The third-order valence-corrected chi connectivity index (χ3v) is 8.01. The lowest BCUT2D eigenvalue weighted by atomic mass is 10.0. The second-order valence-corrected chi connectivity index (χ2v) is 12.6. The Kier molecular flexibility index (Phi) is 32.9. The van der Waals surface area contributed by atoms with Gasteiger partial charge in [0.05, 0.1) is 13.2 Å². The molecule has 0 spiro atoms. The molecule has 0 aliphatic heterocycles. The fourth-order valence-corrected chi connectivity index (χ4v) is 5.15. The molecule has 2 unspecified atom stereocenters. The third-order valence-electron chi connectivity index (χ3n) is 8.01. The highest BCUT2D eigenvalue weighted by atomic mass is 16.5. The van der Waals surface area contributed by atoms with Crippen LogP contribution >= 0.6 is 0 Å². The van der Waals surface area contributed by atoms with E-state index < -0.39 is 24.5 Å². The number of hydrogen-bond acceptors (Lipinski definition) is 6. The van der Waals surface area contributed by atoms with Gasteiger partial charge < -0.3 is 25.6 Å². The summed E-state index contributed by atoms with van der Waals surface area (Å²) in [4.78, 5) is 46.9. The van der Waals surface area contributed by atoms with Crippen molar-refractivity contribution in [3.8, 4) is 0 Å². The number of allylic oxidation sites excluding steroid dienone is 10. The van der Waals surface area contributed by atoms with Crippen molar-refractivity contribution in [1.82, 2.24) is 10.6 Å². The van der Waals surface area contributed by atoms with E-state index in [4.69, 9.17) is 14.9 Å². The highest BCUT2D eigenvalue weighted by molar-refractivity contribution is 5.87. The number of hydrogen-bond donors (Lipinski definition) is 4. The van der Waals surface area contributed by atoms with Crippen LogP contribution < -0.4 is 10.6 Å². The van der Waals surface area contributed by atoms with Crippen LogP contribution in [-0.2, 0) is 23.9 Å². The summed E-state index contributed by atoms with van der Waals surface area (Å²) in [6.07, 6.45) is 41.9. The molecule has 0 heterocycles. The first-order chi connectivity index (χ1) is 24.3. The second-order valence-electron chi connectivity index (χ2n) is 12.6. The molecule has 4 N–H and O–H groups in total. The fourth-order valence-electron chi connectivity index (χ4n) is 5.15. The Balaban J connectivity index is 3.78. The Labute approximate surface area is 302 Å². The summed E-state index contributed by atoms with van der Waals surface area (Å²) in [5.74, 6) is -2.43. The smallest absolute Gasteiger partial charge is 0.328 e. The van der Waals surface area contributed by atoms with Gasteiger partial charge in [-0.1, -0.05) is 120 Å². The number of unbranched alkanes of at least 4 members (excludes halogenated alkanes) is 9. The average molecular weight is 701 g/mol. The Morgan fingerprint density at radius 3 is 1.70 bits per heavy atom. The lowest BCUT2D eigenvalue weighted by Gasteiger charge is -2.17. The molecule has 0 aliphatic carbocycles. The molecule has 0 fully saturated rings. The van der Waals surface area contributed by atoms with Gasteiger partial charge in [-0.25, -0.2) is 4.79 Å². The van der Waals surface area contributed by atoms with Gasteiger partial charge in [-0.2, -0.15) is 0 Å². The van der Waals surface area contributed by atoms with E-state index in [1.54, 1.807) is 0 Å². The van der Waals surface area contributed by atoms with Crippen LogP contribution in [0.1, 0.15) is 149 Å². The van der Waals surface area contributed by atoms with Crippen LogP contribution in [0.3, 0.4) is 0 Å². The lowest BCUT2D eigenvalue weighted by Crippen LogP contribution is -2.47. The number of aliphatic carboxylic acids is 1. The maximum absolute atomic E-state index is 12.4. The van der Waals surface area contributed by atoms with Crippen LogP contribution in [0.15, 0.2) is 60.8 Å². The quantitative estimate of drug-likeness (QED) is 0.0305. The van der Waals surface area contributed by atoms with E-state index >= 15 is 0 Å². The number of carbonyl (C=O) groups excluding carboxylic acids is 3. The van der Waals surface area contributed by atoms with E-state index in [-0.39, 0.29) is 30.9 Å². The van der Waals surface area contributed by atoms with Crippen LogP contribution in [0, 0.1) is 0 Å². The number of nitrogens with one attached hydrogen (secondary N) is 2. The largest absolute Gasteiger partial charge is 0.480 e. The monoisotopic (exact) mass is 701 g/mol. The van der Waals surface area contributed by atoms with Crippen molar-refractivity contribution in [2.24, 2.45) is 0 Å². The van der Waals surface area contributed by atoms with Crippen molar-refractivity contribution < 1.29 is 34.1 Å². The topological polar surface area (TPSA) is 142 Å². The van der Waals surface area contributed by atoms with Crippen molar-refractivity contribution in [3.05, 3.63) is 60.8 Å². The van der Waals surface area contributed by atoms with E-state index in [1.807, 2.05) is 0 Å². The Bertz CT molecular complexity index is 1030. The number of rotatable bonds is 33. The number of esters is 1. The standard InChI is InChI=1S/C41H68N2O7/c1-3-5-6-7-8-9-10-11-12-13-14-15-16-17-18-19-20-21-22-23-24-25-29-33-40(47)50-36(30-4-2)31-27-26-28-32-38(45)42-34-39(46)43-37(35-44)41(48)49/h5-6,8-9,11-12,14-15,17-18,36-37,44H,3-4,7,10,13,16,19-35H2,1-2H3,(H,42,45)(H,43,46)(H,48,49)/b6-5-,9-8-,12-11-,15-14-,18-17-. The Morgan fingerprint density at radius 1 is 0.620 bits per heavy atom. The van der Waals surface area contributed by atoms with Crippen LogP contribution in [0.4, 0.5) is 0 Å². The second kappa shape index (κ2) is 35.4. The molecular formula is C41H68N2O7. The first-order valence-corrected chi connectivity index (χ1v) is 19.2. The van der Waals surface area contributed by atoms with Gasteiger partial charge in [0.15, 0.2) is 0 Å². The molecule has 0 radical (unpaired) electrons. The van der Waals surface area contributed by atoms with Gasteiger partial charge in [0.1, 0.15) is 12.1 Å². The SMILES string of the molecule is CC/C=C\C/C=C\C/C=C\C/C=C\C/C=C\CCCCCCCCCC(=O)OC(CCC)CCCCCC(=O)NCC(=O)NC(CO)C(=O)O. The highest BCUT2D eigenvalue weighted by Crippen LogP contribution is 2.16. The summed E-state index contributed by atoms with van der Waals surface area (Å²) in [6, 6.07) is -1.39. The third kappa shape index (κ3) is 31.8. The minimum atomic E-state index is -1.39. The molecule has 0 aliphatic rings. The van der Waals surface area contributed by atoms with E-state index in [2.05, 4.69) is 85.2 Å². The summed E-state index contributed by atoms with van der Waals surface area (Å²) in [6.45, 7) is 3.16. The molecule has 0 rings (SSSR count). The maximum Gasteiger partial charge on any atom is 0.328 e. The number of aliphatic hydroxyl groups excluding tert-OH is 1. The molecule has 50 heavy (non-hydrogen) atoms. The summed E-state index contributed by atoms with van der Waals surface area (Å²) < 4.78 is 5.75. The summed E-state index contributed by atoms with van der Waals surface area (Å²) in [5, 5.41) is 22.4. The van der Waals surface area contributed by atoms with E-state index in [0.29, 0.717) is 12.8 Å². The number of ether oxygens (including phenoxy) is 1. The van der Waals surface area contributed by atoms with Crippen molar-refractivity contribution in [3.63, 3.8) is 0 Å². The molecule has 2 atom stereocenters. The number of carbonyl (C=O) groups is 4. The zero-order valence-electron chi connectivity index (χ0n) is 31.1. The van der Waals surface area contributed by atoms with Crippen molar-refractivity contribution in [2.75, 3.05) is 13.2 Å². The molecular weight excluding hydrogens is 632 g/mol. The highest BCUT2D eigenvalue weighted by Gasteiger charge is 2.19. The van der Waals surface area contributed by atoms with Gasteiger partial charge in [0, 0.05) is 12.8 Å². The molecule has 9 heteroatoms. The van der Waals surface area contributed by atoms with E-state index in [9.17, 15) is 19.2 Å². The zero-order valence-corrected chi connectivity index (χ0v) is 31.1. The van der Waals surface area contributed by atoms with Crippen LogP contribution in [0.5, 0.6) is 0 Å². The molecule has 0 saturated heterocycles. The summed E-state index contributed by atoms with van der Waals surface area (Å²) in [5.41, 5.74) is 0. The van der Waals surface area contributed by atoms with Gasteiger partial charge in [-0.15, -0.1) is 0 Å². The maximum atomic E-state index is 12.4. The first kappa shape index (κ1) is 46.5. The molecule has 9 nitrogen and oxygen atoms in total. The predicted octanol–water partition coefficient (Wildman–Crippen LogP) is 8.59. The minimum Gasteiger partial charge on any atom is -0.480 e. The number of amides is 2. The first-order valence-electron chi connectivity index (χ1n) is 19.2. The Morgan fingerprint density at radius 2 is 1.14 bits per heavy atom. The summed E-state index contributed by atoms with van der Waals surface area (Å²) in [7, 11) is 0. The molecule has 2 amide bonds. The zero-order chi connectivity index (χ0) is 36.9. The van der Waals surface area contributed by atoms with E-state index in [0.717, 1.165) is 89.9 Å². The molecule has 0 bridgehead atoms. The van der Waals surface area contributed by atoms with E-state index in [1.165, 1.54) is 25.7 Å². The number of carboxylic acids is 1. The minimum absolute atomic E-state index is 0.0957. The normalized spacial score (nSPS) is 13.2. The molecule has 284 valence electrons. The van der Waals surface area contributed by atoms with Gasteiger partial charge in [0.2, 0.25) is 11.8 Å². The molecule has 0 aromatic rings.